The fourth-order valence-electron chi connectivity index (χ4n) is 2.08. The van der Waals surface area contributed by atoms with Crippen LogP contribution < -0.4 is 5.32 Å². The van der Waals surface area contributed by atoms with Gasteiger partial charge in [0.25, 0.3) is 0 Å². The van der Waals surface area contributed by atoms with Crippen molar-refractivity contribution in [2.24, 2.45) is 5.92 Å². The molecule has 0 aliphatic carbocycles. The molecule has 96 valence electrons. The van der Waals surface area contributed by atoms with E-state index in [2.05, 4.69) is 5.32 Å². The van der Waals surface area contributed by atoms with Crippen molar-refractivity contribution in [3.8, 4) is 0 Å². The van der Waals surface area contributed by atoms with Crippen molar-refractivity contribution in [3.63, 3.8) is 0 Å². The molecule has 17 heavy (non-hydrogen) atoms. The number of carboxylic acid groups (broad SMARTS) is 1. The first kappa shape index (κ1) is 12.7. The molecule has 2 fully saturated rings. The Morgan fingerprint density at radius 3 is 2.53 bits per heavy atom. The van der Waals surface area contributed by atoms with Gasteiger partial charge in [0.2, 0.25) is 5.91 Å². The normalized spacial score (nSPS) is 22.2. The molecule has 2 aliphatic heterocycles. The fourth-order valence-corrected chi connectivity index (χ4v) is 3.21. The molecule has 5 nitrogen and oxygen atoms in total. The van der Waals surface area contributed by atoms with E-state index in [1.165, 1.54) is 0 Å². The molecule has 0 spiro atoms. The van der Waals surface area contributed by atoms with Crippen molar-refractivity contribution in [2.45, 2.75) is 18.1 Å². The molecule has 2 heterocycles. The maximum atomic E-state index is 11.7. The van der Waals surface area contributed by atoms with Gasteiger partial charge in [-0.1, -0.05) is 0 Å². The summed E-state index contributed by atoms with van der Waals surface area (Å²) in [6.07, 6.45) is 2.24. The summed E-state index contributed by atoms with van der Waals surface area (Å²) in [4.78, 5) is 24.0. The van der Waals surface area contributed by atoms with E-state index in [9.17, 15) is 9.59 Å². The molecule has 0 aromatic heterocycles. The minimum atomic E-state index is -0.792. The SMILES string of the molecule is O=C(O)C1CN(C(=O)CSC2CCNCC2)C1. The zero-order chi connectivity index (χ0) is 12.3. The molecule has 2 saturated heterocycles. The number of likely N-dealkylation sites (tertiary alicyclic amines) is 1. The van der Waals surface area contributed by atoms with Crippen LogP contribution in [-0.4, -0.2) is 59.1 Å². The summed E-state index contributed by atoms with van der Waals surface area (Å²) >= 11 is 1.71. The lowest BCUT2D eigenvalue weighted by Gasteiger charge is -2.37. The number of hydrogen-bond acceptors (Lipinski definition) is 4. The van der Waals surface area contributed by atoms with Gasteiger partial charge >= 0.3 is 5.97 Å². The molecule has 6 heteroatoms. The summed E-state index contributed by atoms with van der Waals surface area (Å²) in [7, 11) is 0. The van der Waals surface area contributed by atoms with Crippen molar-refractivity contribution in [1.29, 1.82) is 0 Å². The van der Waals surface area contributed by atoms with E-state index in [1.54, 1.807) is 16.7 Å². The lowest BCUT2D eigenvalue weighted by Crippen LogP contribution is -2.53. The topological polar surface area (TPSA) is 69.6 Å². The number of nitrogens with one attached hydrogen (secondary N) is 1. The lowest BCUT2D eigenvalue weighted by molar-refractivity contribution is -0.151. The third-order valence-corrected chi connectivity index (χ3v) is 4.67. The van der Waals surface area contributed by atoms with Crippen molar-refractivity contribution >= 4 is 23.6 Å². The number of thioether (sulfide) groups is 1. The van der Waals surface area contributed by atoms with Crippen LogP contribution in [0, 0.1) is 5.92 Å². The maximum absolute atomic E-state index is 11.7. The Bertz CT molecular complexity index is 299. The van der Waals surface area contributed by atoms with E-state index >= 15 is 0 Å². The van der Waals surface area contributed by atoms with Gasteiger partial charge in [0.15, 0.2) is 0 Å². The number of carbonyl (C=O) groups excluding carboxylic acids is 1. The van der Waals surface area contributed by atoms with Gasteiger partial charge in [-0.2, -0.15) is 0 Å². The summed E-state index contributed by atoms with van der Waals surface area (Å²) in [6, 6.07) is 0. The van der Waals surface area contributed by atoms with E-state index < -0.39 is 5.97 Å². The molecule has 0 radical (unpaired) electrons. The van der Waals surface area contributed by atoms with Crippen LogP contribution in [-0.2, 0) is 9.59 Å². The van der Waals surface area contributed by atoms with Crippen LogP contribution in [0.2, 0.25) is 0 Å². The summed E-state index contributed by atoms with van der Waals surface area (Å²) in [5.41, 5.74) is 0. The molecule has 0 atom stereocenters. The van der Waals surface area contributed by atoms with Crippen molar-refractivity contribution < 1.29 is 14.7 Å². The third-order valence-electron chi connectivity index (χ3n) is 3.31. The van der Waals surface area contributed by atoms with Crippen LogP contribution in [0.3, 0.4) is 0 Å². The number of amides is 1. The Hall–Kier alpha value is -0.750. The van der Waals surface area contributed by atoms with Crippen LogP contribution >= 0.6 is 11.8 Å². The van der Waals surface area contributed by atoms with Crippen molar-refractivity contribution in [1.82, 2.24) is 10.2 Å². The van der Waals surface area contributed by atoms with Gasteiger partial charge in [0, 0.05) is 18.3 Å². The van der Waals surface area contributed by atoms with Gasteiger partial charge < -0.3 is 15.3 Å². The van der Waals surface area contributed by atoms with Gasteiger partial charge in [-0.3, -0.25) is 9.59 Å². The molecule has 2 rings (SSSR count). The molecule has 0 aromatic carbocycles. The average Bonchev–Trinajstić information content (AvgIpc) is 2.25. The zero-order valence-electron chi connectivity index (χ0n) is 9.72. The number of rotatable bonds is 4. The molecule has 0 aromatic rings. The highest BCUT2D eigenvalue weighted by atomic mass is 32.2. The maximum Gasteiger partial charge on any atom is 0.310 e. The highest BCUT2D eigenvalue weighted by Crippen LogP contribution is 2.22. The average molecular weight is 258 g/mol. The molecule has 2 N–H and O–H groups in total. The Labute approximate surface area is 105 Å². The number of nitrogens with zero attached hydrogens (tertiary/aromatic N) is 1. The molecular formula is C11H18N2O3S. The van der Waals surface area contributed by atoms with Crippen LogP contribution in [0.4, 0.5) is 0 Å². The second-order valence-electron chi connectivity index (χ2n) is 4.59. The Balaban J connectivity index is 1.63. The quantitative estimate of drug-likeness (QED) is 0.743. The first-order valence-electron chi connectivity index (χ1n) is 5.99. The summed E-state index contributed by atoms with van der Waals surface area (Å²) in [6.45, 7) is 2.86. The predicted octanol–water partition coefficient (Wildman–Crippen LogP) is 0.0146. The smallest absolute Gasteiger partial charge is 0.310 e. The predicted molar refractivity (Wildman–Crippen MR) is 66.1 cm³/mol. The number of hydrogen-bond donors (Lipinski definition) is 2. The number of carbonyl (C=O) groups is 2. The highest BCUT2D eigenvalue weighted by Gasteiger charge is 2.35. The third kappa shape index (κ3) is 3.35. The van der Waals surface area contributed by atoms with Crippen LogP contribution in [0.15, 0.2) is 0 Å². The van der Waals surface area contributed by atoms with Crippen LogP contribution in [0.25, 0.3) is 0 Å². The Kier molecular flexibility index (Phi) is 4.28. The monoisotopic (exact) mass is 258 g/mol. The minimum absolute atomic E-state index is 0.0889. The molecule has 2 aliphatic rings. The lowest BCUT2D eigenvalue weighted by atomic mass is 10.0. The molecular weight excluding hydrogens is 240 g/mol. The zero-order valence-corrected chi connectivity index (χ0v) is 10.5. The van der Waals surface area contributed by atoms with Gasteiger partial charge in [-0.15, -0.1) is 11.8 Å². The van der Waals surface area contributed by atoms with E-state index in [0.717, 1.165) is 25.9 Å². The molecule has 0 bridgehead atoms. The molecule has 0 saturated carbocycles. The summed E-state index contributed by atoms with van der Waals surface area (Å²) in [5, 5.41) is 12.6. The van der Waals surface area contributed by atoms with Gasteiger partial charge in [0.1, 0.15) is 0 Å². The van der Waals surface area contributed by atoms with Crippen LogP contribution in [0.5, 0.6) is 0 Å². The first-order chi connectivity index (χ1) is 8.16. The van der Waals surface area contributed by atoms with Crippen LogP contribution in [0.1, 0.15) is 12.8 Å². The van der Waals surface area contributed by atoms with Gasteiger partial charge in [-0.05, 0) is 25.9 Å². The number of aliphatic carboxylic acids is 1. The Morgan fingerprint density at radius 2 is 1.94 bits per heavy atom. The van der Waals surface area contributed by atoms with E-state index in [0.29, 0.717) is 24.1 Å². The Morgan fingerprint density at radius 1 is 1.29 bits per heavy atom. The van der Waals surface area contributed by atoms with Crippen molar-refractivity contribution in [2.75, 3.05) is 31.9 Å². The van der Waals surface area contributed by atoms with E-state index in [-0.39, 0.29) is 11.8 Å². The molecule has 0 unspecified atom stereocenters. The molecule has 1 amide bonds. The number of carboxylic acids is 1. The summed E-state index contributed by atoms with van der Waals surface area (Å²) < 4.78 is 0. The fraction of sp³-hybridized carbons (Fsp3) is 0.818. The standard InChI is InChI=1S/C11H18N2O3S/c14-10(13-5-8(6-13)11(15)16)7-17-9-1-3-12-4-2-9/h8-9,12H,1-7H2,(H,15,16). The van der Waals surface area contributed by atoms with Gasteiger partial charge in [0.05, 0.1) is 11.7 Å². The highest BCUT2D eigenvalue weighted by molar-refractivity contribution is 8.00. The summed E-state index contributed by atoms with van der Waals surface area (Å²) in [5.74, 6) is -0.550. The van der Waals surface area contributed by atoms with Crippen molar-refractivity contribution in [3.05, 3.63) is 0 Å². The minimum Gasteiger partial charge on any atom is -0.481 e. The number of piperidine rings is 1. The van der Waals surface area contributed by atoms with E-state index in [1.807, 2.05) is 0 Å². The van der Waals surface area contributed by atoms with E-state index in [4.69, 9.17) is 5.11 Å². The second-order valence-corrected chi connectivity index (χ2v) is 5.88. The van der Waals surface area contributed by atoms with Gasteiger partial charge in [-0.25, -0.2) is 0 Å². The largest absolute Gasteiger partial charge is 0.481 e. The second kappa shape index (κ2) is 5.73. The first-order valence-corrected chi connectivity index (χ1v) is 7.04.